The van der Waals surface area contributed by atoms with E-state index in [-0.39, 0.29) is 17.8 Å². The average Bonchev–Trinajstić information content (AvgIpc) is 2.93. The minimum absolute atomic E-state index is 0.199. The summed E-state index contributed by atoms with van der Waals surface area (Å²) < 4.78 is 6.50. The number of nitrogens with zero attached hydrogens (tertiary/aromatic N) is 4. The van der Waals surface area contributed by atoms with Gasteiger partial charge in [0.25, 0.3) is 0 Å². The average molecular weight is 611 g/mol. The smallest absolute Gasteiger partial charge is 0.214 e. The van der Waals surface area contributed by atoms with Crippen molar-refractivity contribution in [2.75, 3.05) is 31.6 Å². The topological polar surface area (TPSA) is 120 Å². The summed E-state index contributed by atoms with van der Waals surface area (Å²) in [6.07, 6.45) is 5.07. The molecule has 1 aliphatic heterocycles. The van der Waals surface area contributed by atoms with E-state index in [1.807, 2.05) is 48.5 Å². The van der Waals surface area contributed by atoms with Crippen LogP contribution in [0.2, 0.25) is 0 Å². The number of aromatic hydroxyl groups is 1. The first-order chi connectivity index (χ1) is 18.0. The molecule has 10 heteroatoms. The molecule has 5 N–H and O–H groups in total. The van der Waals surface area contributed by atoms with Crippen molar-refractivity contribution in [2.45, 2.75) is 13.0 Å². The maximum atomic E-state index is 9.75. The molecule has 1 aliphatic rings. The molecule has 3 aromatic rings. The zero-order chi connectivity index (χ0) is 26.0. The van der Waals surface area contributed by atoms with Gasteiger partial charge >= 0.3 is 0 Å². The molecule has 0 amide bonds. The number of hydrogen-bond acceptors (Lipinski definition) is 7. The second kappa shape index (κ2) is 13.2. The van der Waals surface area contributed by atoms with Crippen LogP contribution in [0.4, 0.5) is 11.4 Å². The van der Waals surface area contributed by atoms with Crippen molar-refractivity contribution in [3.63, 3.8) is 0 Å². The van der Waals surface area contributed by atoms with Crippen LogP contribution >= 0.6 is 22.6 Å². The molecule has 1 saturated heterocycles. The lowest BCUT2D eigenvalue weighted by molar-refractivity contribution is 0.0284. The van der Waals surface area contributed by atoms with Gasteiger partial charge in [0, 0.05) is 34.6 Å². The Morgan fingerprint density at radius 3 is 2.59 bits per heavy atom. The maximum absolute atomic E-state index is 9.75. The maximum Gasteiger partial charge on any atom is 0.214 e. The highest BCUT2D eigenvalue weighted by molar-refractivity contribution is 14.1. The fourth-order valence-electron chi connectivity index (χ4n) is 3.76. The van der Waals surface area contributed by atoms with Crippen LogP contribution < -0.4 is 16.5 Å². The molecular weight excluding hydrogens is 581 g/mol. The molecule has 2 heterocycles. The summed E-state index contributed by atoms with van der Waals surface area (Å²) in [6.45, 7) is 5.49. The molecule has 192 valence electrons. The summed E-state index contributed by atoms with van der Waals surface area (Å²) in [6, 6.07) is 19.2. The molecule has 1 atom stereocenters. The first-order valence-electron chi connectivity index (χ1n) is 11.9. The summed E-state index contributed by atoms with van der Waals surface area (Å²) in [7, 11) is 0. The van der Waals surface area contributed by atoms with Crippen molar-refractivity contribution >= 4 is 46.1 Å². The third kappa shape index (κ3) is 8.00. The second-order valence-corrected chi connectivity index (χ2v) is 9.70. The van der Waals surface area contributed by atoms with Crippen molar-refractivity contribution < 1.29 is 9.84 Å². The van der Waals surface area contributed by atoms with Crippen LogP contribution in [0.1, 0.15) is 12.6 Å². The number of nitrogens with one attached hydrogen (secondary N) is 2. The Morgan fingerprint density at radius 2 is 1.86 bits per heavy atom. The van der Waals surface area contributed by atoms with E-state index in [0.29, 0.717) is 5.69 Å². The van der Waals surface area contributed by atoms with E-state index in [0.717, 1.165) is 52.4 Å². The molecular formula is C27H30IN7O2. The summed E-state index contributed by atoms with van der Waals surface area (Å²) in [5, 5.41) is 17.2. The number of anilines is 2. The molecule has 4 rings (SSSR count). The number of phenolic OH excluding ortho intramolecular Hbond substituents is 1. The van der Waals surface area contributed by atoms with Crippen LogP contribution in [0.15, 0.2) is 86.7 Å². The number of phenols is 1. The lowest BCUT2D eigenvalue weighted by atomic mass is 10.0. The number of ether oxygens (including phenoxy) is 1. The molecule has 2 aromatic carbocycles. The van der Waals surface area contributed by atoms with Crippen LogP contribution in [-0.4, -0.2) is 59.5 Å². The lowest BCUT2D eigenvalue weighted by Crippen LogP contribution is -2.42. The van der Waals surface area contributed by atoms with Gasteiger partial charge in [-0.3, -0.25) is 9.88 Å². The predicted octanol–water partition coefficient (Wildman–Crippen LogP) is 4.43. The monoisotopic (exact) mass is 611 g/mol. The Bertz CT molecular complexity index is 1270. The number of rotatable bonds is 8. The van der Waals surface area contributed by atoms with E-state index in [1.54, 1.807) is 30.7 Å². The summed E-state index contributed by atoms with van der Waals surface area (Å²) >= 11 is 2.29. The molecule has 1 fully saturated rings. The number of hydrazone groups is 1. The fourth-order valence-corrected chi connectivity index (χ4v) is 4.29. The first kappa shape index (κ1) is 26.6. The van der Waals surface area contributed by atoms with Crippen LogP contribution in [0.25, 0.3) is 11.1 Å². The molecule has 37 heavy (non-hydrogen) atoms. The molecule has 0 radical (unpaired) electrons. The van der Waals surface area contributed by atoms with Crippen LogP contribution in [0.3, 0.4) is 0 Å². The third-order valence-electron chi connectivity index (χ3n) is 5.81. The van der Waals surface area contributed by atoms with E-state index in [4.69, 9.17) is 10.5 Å². The van der Waals surface area contributed by atoms with E-state index in [1.165, 1.54) is 0 Å². The van der Waals surface area contributed by atoms with Gasteiger partial charge in [0.2, 0.25) is 5.96 Å². The van der Waals surface area contributed by atoms with E-state index >= 15 is 0 Å². The number of guanidine groups is 1. The number of benzene rings is 2. The van der Waals surface area contributed by atoms with Crippen molar-refractivity contribution in [2.24, 2.45) is 15.8 Å². The van der Waals surface area contributed by atoms with Crippen LogP contribution in [0.5, 0.6) is 5.75 Å². The van der Waals surface area contributed by atoms with Gasteiger partial charge in [-0.25, -0.2) is 10.4 Å². The number of morpholine rings is 1. The predicted molar refractivity (Wildman–Crippen MR) is 157 cm³/mol. The summed E-state index contributed by atoms with van der Waals surface area (Å²) in [4.78, 5) is 11.0. The van der Waals surface area contributed by atoms with E-state index in [9.17, 15) is 5.11 Å². The normalized spacial score (nSPS) is 16.1. The first-order valence-corrected chi connectivity index (χ1v) is 13.0. The Kier molecular flexibility index (Phi) is 9.46. The van der Waals surface area contributed by atoms with Crippen LogP contribution in [0, 0.1) is 0 Å². The van der Waals surface area contributed by atoms with E-state index < -0.39 is 0 Å². The van der Waals surface area contributed by atoms with Crippen molar-refractivity contribution in [1.29, 1.82) is 0 Å². The van der Waals surface area contributed by atoms with Gasteiger partial charge in [-0.2, -0.15) is 5.10 Å². The number of aliphatic imine (C=N–C) groups is 1. The lowest BCUT2D eigenvalue weighted by Gasteiger charge is -2.31. The molecule has 0 aliphatic carbocycles. The third-order valence-corrected chi connectivity index (χ3v) is 6.99. The highest BCUT2D eigenvalue weighted by Gasteiger charge is 2.18. The number of halogens is 1. The van der Waals surface area contributed by atoms with Gasteiger partial charge in [0.15, 0.2) is 0 Å². The Balaban J connectivity index is 1.30. The zero-order valence-corrected chi connectivity index (χ0v) is 22.7. The fraction of sp³-hybridized carbons (Fsp3) is 0.222. The molecule has 0 spiro atoms. The Hall–Kier alpha value is -3.48. The number of pyridine rings is 1. The molecule has 0 bridgehead atoms. The number of aromatic nitrogens is 1. The Morgan fingerprint density at radius 1 is 1.11 bits per heavy atom. The molecule has 9 nitrogen and oxygen atoms in total. The molecule has 0 saturated carbocycles. The second-order valence-electron chi connectivity index (χ2n) is 8.45. The van der Waals surface area contributed by atoms with Crippen molar-refractivity contribution in [3.05, 3.63) is 82.3 Å². The van der Waals surface area contributed by atoms with E-state index in [2.05, 4.69) is 60.2 Å². The highest BCUT2D eigenvalue weighted by Crippen LogP contribution is 2.27. The molecule has 1 unspecified atom stereocenters. The number of nitrogens with two attached hydrogens (primary N) is 1. The summed E-state index contributed by atoms with van der Waals surface area (Å²) in [5.74, 6) is 0.439. The Labute approximate surface area is 230 Å². The standard InChI is InChI=1S/C27H30IN7O2/c1-19(35-10-12-37-13-11-35)26(28)18-31-27(29)34-32-17-23-8-9-24(16-30-23)33-22-6-2-4-20(14-22)21-5-3-7-25(36)15-21/h2-9,14-19,33,36H,10-13H2,1H3,(H3,29,31,34)/b26-18+,32-17+. The van der Waals surface area contributed by atoms with Gasteiger partial charge in [-0.1, -0.05) is 24.3 Å². The van der Waals surface area contributed by atoms with Crippen LogP contribution in [-0.2, 0) is 4.74 Å². The van der Waals surface area contributed by atoms with Gasteiger partial charge in [0.1, 0.15) is 5.75 Å². The van der Waals surface area contributed by atoms with Crippen molar-refractivity contribution in [3.8, 4) is 16.9 Å². The zero-order valence-electron chi connectivity index (χ0n) is 20.5. The van der Waals surface area contributed by atoms with Gasteiger partial charge in [-0.15, -0.1) is 0 Å². The minimum atomic E-state index is 0.199. The van der Waals surface area contributed by atoms with Gasteiger partial charge < -0.3 is 20.9 Å². The van der Waals surface area contributed by atoms with Gasteiger partial charge in [0.05, 0.1) is 37.0 Å². The highest BCUT2D eigenvalue weighted by atomic mass is 127. The number of hydrogen-bond donors (Lipinski definition) is 4. The minimum Gasteiger partial charge on any atom is -0.508 e. The molecule has 1 aromatic heterocycles. The largest absolute Gasteiger partial charge is 0.508 e. The summed E-state index contributed by atoms with van der Waals surface area (Å²) in [5.41, 5.74) is 13.0. The van der Waals surface area contributed by atoms with Gasteiger partial charge in [-0.05, 0) is 77.0 Å². The van der Waals surface area contributed by atoms with Crippen molar-refractivity contribution in [1.82, 2.24) is 15.3 Å². The SMILES string of the molecule is CC(/C(I)=C\N=C(N)N/N=C/c1ccc(Nc2cccc(-c3cccc(O)c3)c2)cn1)N1CCOCC1. The quantitative estimate of drug-likeness (QED) is 0.129.